The van der Waals surface area contributed by atoms with Crippen LogP contribution in [0.5, 0.6) is 0 Å². The van der Waals surface area contributed by atoms with Crippen molar-refractivity contribution in [3.8, 4) is 0 Å². The van der Waals surface area contributed by atoms with Crippen LogP contribution in [0.4, 0.5) is 0 Å². The van der Waals surface area contributed by atoms with E-state index in [2.05, 4.69) is 111 Å². The van der Waals surface area contributed by atoms with Crippen molar-refractivity contribution in [2.75, 3.05) is 0 Å². The van der Waals surface area contributed by atoms with Crippen LogP contribution in [0.2, 0.25) is 0 Å². The molecule has 0 nitrogen and oxygen atoms in total. The summed E-state index contributed by atoms with van der Waals surface area (Å²) in [7, 11) is 0. The first kappa shape index (κ1) is 33.9. The maximum Gasteiger partial charge on any atom is -0.0348 e. The Morgan fingerprint density at radius 3 is 0.750 bits per heavy atom. The normalized spacial score (nSPS) is 13.3. The lowest BCUT2D eigenvalue weighted by atomic mass is 10.0. The van der Waals surface area contributed by atoms with Gasteiger partial charge in [-0.25, -0.2) is 0 Å². The predicted molar refractivity (Wildman–Crippen MR) is 168 cm³/mol. The van der Waals surface area contributed by atoms with Gasteiger partial charge in [0.2, 0.25) is 0 Å². The van der Waals surface area contributed by atoms with Crippen LogP contribution in [0.15, 0.2) is 97.2 Å². The number of hydrogen-bond donors (Lipinski definition) is 0. The van der Waals surface area contributed by atoms with E-state index in [0.717, 1.165) is 12.8 Å². The van der Waals surface area contributed by atoms with Crippen molar-refractivity contribution >= 4 is 0 Å². The molecule has 202 valence electrons. The second-order valence-corrected chi connectivity index (χ2v) is 9.60. The molecule has 0 aliphatic heterocycles. The van der Waals surface area contributed by atoms with Gasteiger partial charge in [-0.2, -0.15) is 0 Å². The molecule has 0 saturated carbocycles. The molecular weight excluding hydrogens is 432 g/mol. The van der Waals surface area contributed by atoms with Crippen molar-refractivity contribution in [2.24, 2.45) is 0 Å². The molecule has 0 fully saturated rings. The molecule has 0 heterocycles. The first-order valence-electron chi connectivity index (χ1n) is 15.2. The van der Waals surface area contributed by atoms with Gasteiger partial charge in [0.25, 0.3) is 0 Å². The van der Waals surface area contributed by atoms with Gasteiger partial charge in [0.1, 0.15) is 0 Å². The summed E-state index contributed by atoms with van der Waals surface area (Å²) in [6.45, 7) is 4.31. The van der Waals surface area contributed by atoms with Gasteiger partial charge >= 0.3 is 0 Å². The molecule has 0 amide bonds. The lowest BCUT2D eigenvalue weighted by Crippen LogP contribution is -1.83. The van der Waals surface area contributed by atoms with Gasteiger partial charge in [0.15, 0.2) is 0 Å². The van der Waals surface area contributed by atoms with E-state index in [-0.39, 0.29) is 0 Å². The average molecular weight is 491 g/mol. The molecule has 0 spiro atoms. The van der Waals surface area contributed by atoms with E-state index >= 15 is 0 Å². The van der Waals surface area contributed by atoms with Gasteiger partial charge in [0, 0.05) is 0 Å². The molecule has 0 aliphatic rings. The molecule has 0 N–H and O–H groups in total. The van der Waals surface area contributed by atoms with Crippen molar-refractivity contribution in [3.63, 3.8) is 0 Å². The summed E-state index contributed by atoms with van der Waals surface area (Å²) < 4.78 is 0. The standard InChI is InChI=1S/C36H58/c1-3-5-7-9-11-13-15-17-19-21-23-25-27-29-31-33-35-36-34-32-30-28-26-24-22-20-18-16-14-12-10-8-6-4-2/h5-20H,3-4,21-36H2,1-2H3. The third-order valence-electron chi connectivity index (χ3n) is 6.12. The highest BCUT2D eigenvalue weighted by Gasteiger charge is 1.94. The van der Waals surface area contributed by atoms with Crippen LogP contribution in [-0.2, 0) is 0 Å². The Labute approximate surface area is 226 Å². The van der Waals surface area contributed by atoms with E-state index in [4.69, 9.17) is 0 Å². The fraction of sp³-hybridized carbons (Fsp3) is 0.556. The Kier molecular flexibility index (Phi) is 31.0. The van der Waals surface area contributed by atoms with Gasteiger partial charge in [-0.05, 0) is 38.5 Å². The SMILES string of the molecule is CCC=CC=CC=CC=CCCCCCCCCCCCCCCCCC=CC=CC=CC=CCC. The minimum Gasteiger partial charge on any atom is -0.0848 e. The van der Waals surface area contributed by atoms with E-state index in [9.17, 15) is 0 Å². The number of hydrogen-bond acceptors (Lipinski definition) is 0. The largest absolute Gasteiger partial charge is 0.0848 e. The molecule has 0 bridgehead atoms. The topological polar surface area (TPSA) is 0 Å². The number of unbranched alkanes of at least 4 members (excludes halogenated alkanes) is 15. The minimum absolute atomic E-state index is 1.10. The highest BCUT2D eigenvalue weighted by Crippen LogP contribution is 2.14. The summed E-state index contributed by atoms with van der Waals surface area (Å²) >= 11 is 0. The second kappa shape index (κ2) is 32.9. The third-order valence-corrected chi connectivity index (χ3v) is 6.12. The summed E-state index contributed by atoms with van der Waals surface area (Å²) in [4.78, 5) is 0. The van der Waals surface area contributed by atoms with Crippen molar-refractivity contribution in [1.29, 1.82) is 0 Å². The smallest absolute Gasteiger partial charge is 0.0348 e. The lowest BCUT2D eigenvalue weighted by molar-refractivity contribution is 0.534. The quantitative estimate of drug-likeness (QED) is 0.0881. The molecule has 0 saturated heterocycles. The molecule has 0 aliphatic carbocycles. The van der Waals surface area contributed by atoms with E-state index in [0.29, 0.717) is 0 Å². The molecule has 0 aromatic carbocycles. The molecule has 0 heteroatoms. The van der Waals surface area contributed by atoms with Gasteiger partial charge < -0.3 is 0 Å². The molecule has 36 heavy (non-hydrogen) atoms. The zero-order chi connectivity index (χ0) is 26.0. The first-order valence-corrected chi connectivity index (χ1v) is 15.2. The average Bonchev–Trinajstić information content (AvgIpc) is 2.89. The Morgan fingerprint density at radius 1 is 0.250 bits per heavy atom. The number of allylic oxidation sites excluding steroid dienone is 16. The van der Waals surface area contributed by atoms with E-state index in [1.807, 2.05) is 0 Å². The Hall–Kier alpha value is -2.08. The van der Waals surface area contributed by atoms with Crippen molar-refractivity contribution < 1.29 is 0 Å². The van der Waals surface area contributed by atoms with Gasteiger partial charge in [-0.3, -0.25) is 0 Å². The Balaban J connectivity index is 3.27. The molecular formula is C36H58. The van der Waals surface area contributed by atoms with Gasteiger partial charge in [-0.15, -0.1) is 0 Å². The zero-order valence-electron chi connectivity index (χ0n) is 24.0. The second-order valence-electron chi connectivity index (χ2n) is 9.60. The molecule has 0 aromatic rings. The molecule has 0 radical (unpaired) electrons. The molecule has 0 atom stereocenters. The Morgan fingerprint density at radius 2 is 0.472 bits per heavy atom. The first-order chi connectivity index (χ1) is 17.9. The summed E-state index contributed by atoms with van der Waals surface area (Å²) in [5.74, 6) is 0. The van der Waals surface area contributed by atoms with Crippen LogP contribution >= 0.6 is 0 Å². The number of rotatable bonds is 25. The van der Waals surface area contributed by atoms with E-state index < -0.39 is 0 Å². The molecule has 0 aromatic heterocycles. The highest BCUT2D eigenvalue weighted by atomic mass is 14.0. The minimum atomic E-state index is 1.10. The fourth-order valence-electron chi connectivity index (χ4n) is 3.94. The van der Waals surface area contributed by atoms with Gasteiger partial charge in [0.05, 0.1) is 0 Å². The van der Waals surface area contributed by atoms with Crippen LogP contribution in [-0.4, -0.2) is 0 Å². The summed E-state index contributed by atoms with van der Waals surface area (Å²) in [5, 5.41) is 0. The summed E-state index contributed by atoms with van der Waals surface area (Å²) in [5.41, 5.74) is 0. The summed E-state index contributed by atoms with van der Waals surface area (Å²) in [6, 6.07) is 0. The van der Waals surface area contributed by atoms with Crippen molar-refractivity contribution in [3.05, 3.63) is 97.2 Å². The monoisotopic (exact) mass is 490 g/mol. The zero-order valence-corrected chi connectivity index (χ0v) is 24.0. The molecule has 0 unspecified atom stereocenters. The third kappa shape index (κ3) is 31.9. The maximum atomic E-state index is 2.30. The highest BCUT2D eigenvalue weighted by molar-refractivity contribution is 5.16. The molecule has 0 rings (SSSR count). The summed E-state index contributed by atoms with van der Waals surface area (Å²) in [6.07, 6.45) is 58.7. The van der Waals surface area contributed by atoms with Crippen LogP contribution in [0.3, 0.4) is 0 Å². The fourth-order valence-corrected chi connectivity index (χ4v) is 3.94. The van der Waals surface area contributed by atoms with E-state index in [1.54, 1.807) is 0 Å². The van der Waals surface area contributed by atoms with Crippen LogP contribution in [0, 0.1) is 0 Å². The predicted octanol–water partition coefficient (Wildman–Crippen LogP) is 12.5. The lowest BCUT2D eigenvalue weighted by Gasteiger charge is -2.03. The van der Waals surface area contributed by atoms with E-state index in [1.165, 1.54) is 103 Å². The Bertz CT molecular complexity index is 590. The maximum absolute atomic E-state index is 2.30. The van der Waals surface area contributed by atoms with Crippen molar-refractivity contribution in [1.82, 2.24) is 0 Å². The van der Waals surface area contributed by atoms with Crippen LogP contribution in [0.1, 0.15) is 129 Å². The van der Waals surface area contributed by atoms with Crippen molar-refractivity contribution in [2.45, 2.75) is 129 Å². The van der Waals surface area contributed by atoms with Crippen LogP contribution in [0.25, 0.3) is 0 Å². The van der Waals surface area contributed by atoms with Crippen LogP contribution < -0.4 is 0 Å². The van der Waals surface area contributed by atoms with Gasteiger partial charge in [-0.1, -0.05) is 188 Å².